The van der Waals surface area contributed by atoms with Crippen molar-refractivity contribution in [2.45, 2.75) is 6.42 Å². The normalized spacial score (nSPS) is 15.1. The Hall–Kier alpha value is -1.82. The SMILES string of the molecule is O=C(Nc1ccc(F)c(Cl)c1)N1CCN(CCc2cccc(Cl)c2)CC1. The predicted molar refractivity (Wildman–Crippen MR) is 104 cm³/mol. The highest BCUT2D eigenvalue weighted by molar-refractivity contribution is 6.31. The lowest BCUT2D eigenvalue weighted by Crippen LogP contribution is -2.50. The molecule has 0 bridgehead atoms. The Balaban J connectivity index is 1.45. The summed E-state index contributed by atoms with van der Waals surface area (Å²) < 4.78 is 13.2. The van der Waals surface area contributed by atoms with Gasteiger partial charge in [-0.3, -0.25) is 4.90 Å². The van der Waals surface area contributed by atoms with Crippen molar-refractivity contribution in [1.82, 2.24) is 9.80 Å². The molecular weight excluding hydrogens is 376 g/mol. The molecule has 1 saturated heterocycles. The highest BCUT2D eigenvalue weighted by atomic mass is 35.5. The van der Waals surface area contributed by atoms with E-state index in [2.05, 4.69) is 16.3 Å². The topological polar surface area (TPSA) is 35.6 Å². The Bertz CT molecular complexity index is 779. The quantitative estimate of drug-likeness (QED) is 0.825. The van der Waals surface area contributed by atoms with E-state index in [9.17, 15) is 9.18 Å². The van der Waals surface area contributed by atoms with Crippen LogP contribution in [0.4, 0.5) is 14.9 Å². The van der Waals surface area contributed by atoms with Crippen molar-refractivity contribution in [2.75, 3.05) is 38.0 Å². The summed E-state index contributed by atoms with van der Waals surface area (Å²) in [5, 5.41) is 3.51. The Morgan fingerprint density at radius 2 is 1.85 bits per heavy atom. The van der Waals surface area contributed by atoms with Crippen molar-refractivity contribution in [3.63, 3.8) is 0 Å². The van der Waals surface area contributed by atoms with Gasteiger partial charge >= 0.3 is 6.03 Å². The molecule has 1 fully saturated rings. The van der Waals surface area contributed by atoms with Crippen LogP contribution >= 0.6 is 23.2 Å². The van der Waals surface area contributed by atoms with E-state index >= 15 is 0 Å². The van der Waals surface area contributed by atoms with Gasteiger partial charge in [-0.15, -0.1) is 0 Å². The molecule has 0 unspecified atom stereocenters. The first-order valence-corrected chi connectivity index (χ1v) is 9.24. The molecule has 0 saturated carbocycles. The minimum Gasteiger partial charge on any atom is -0.322 e. The molecule has 1 heterocycles. The number of amides is 2. The van der Waals surface area contributed by atoms with Gasteiger partial charge in [0.1, 0.15) is 5.82 Å². The van der Waals surface area contributed by atoms with Crippen LogP contribution in [0.2, 0.25) is 10.0 Å². The number of rotatable bonds is 4. The minimum absolute atomic E-state index is 0.00589. The van der Waals surface area contributed by atoms with Crippen LogP contribution in [0.5, 0.6) is 0 Å². The second-order valence-corrected chi connectivity index (χ2v) is 7.11. The smallest absolute Gasteiger partial charge is 0.321 e. The number of anilines is 1. The van der Waals surface area contributed by atoms with Gasteiger partial charge < -0.3 is 10.2 Å². The molecule has 2 aromatic rings. The van der Waals surface area contributed by atoms with Gasteiger partial charge in [-0.25, -0.2) is 9.18 Å². The summed E-state index contributed by atoms with van der Waals surface area (Å²) in [5.41, 5.74) is 1.70. The average Bonchev–Trinajstić information content (AvgIpc) is 2.63. The Labute approximate surface area is 162 Å². The van der Waals surface area contributed by atoms with Gasteiger partial charge in [-0.05, 0) is 42.3 Å². The number of carbonyl (C=O) groups excluding carboxylic acids is 1. The summed E-state index contributed by atoms with van der Waals surface area (Å²) in [7, 11) is 0. The van der Waals surface area contributed by atoms with Crippen LogP contribution in [0.25, 0.3) is 0 Å². The van der Waals surface area contributed by atoms with Crippen LogP contribution in [0.3, 0.4) is 0 Å². The molecule has 0 radical (unpaired) electrons. The fraction of sp³-hybridized carbons (Fsp3) is 0.316. The zero-order chi connectivity index (χ0) is 18.5. The number of nitrogens with one attached hydrogen (secondary N) is 1. The van der Waals surface area contributed by atoms with Crippen LogP contribution < -0.4 is 5.32 Å². The average molecular weight is 396 g/mol. The Morgan fingerprint density at radius 3 is 2.54 bits per heavy atom. The van der Waals surface area contributed by atoms with Crippen LogP contribution in [-0.2, 0) is 6.42 Å². The number of hydrogen-bond acceptors (Lipinski definition) is 2. The summed E-state index contributed by atoms with van der Waals surface area (Å²) in [5.74, 6) is -0.502. The van der Waals surface area contributed by atoms with Gasteiger partial charge in [-0.2, -0.15) is 0 Å². The van der Waals surface area contributed by atoms with E-state index in [0.717, 1.165) is 31.1 Å². The number of urea groups is 1. The number of carbonyl (C=O) groups is 1. The van der Waals surface area contributed by atoms with Crippen molar-refractivity contribution in [2.24, 2.45) is 0 Å². The van der Waals surface area contributed by atoms with E-state index < -0.39 is 5.82 Å². The Morgan fingerprint density at radius 1 is 1.08 bits per heavy atom. The Kier molecular flexibility index (Phi) is 6.35. The summed E-state index contributed by atoms with van der Waals surface area (Å²) in [4.78, 5) is 16.4. The molecule has 7 heteroatoms. The molecule has 1 aliphatic rings. The largest absolute Gasteiger partial charge is 0.322 e. The van der Waals surface area contributed by atoms with Gasteiger partial charge in [0.2, 0.25) is 0 Å². The first-order chi connectivity index (χ1) is 12.5. The first kappa shape index (κ1) is 19.0. The van der Waals surface area contributed by atoms with Crippen molar-refractivity contribution in [3.8, 4) is 0 Å². The van der Waals surface area contributed by atoms with E-state index in [1.165, 1.54) is 23.8 Å². The molecule has 0 spiro atoms. The third kappa shape index (κ3) is 5.10. The van der Waals surface area contributed by atoms with E-state index in [1.807, 2.05) is 18.2 Å². The summed E-state index contributed by atoms with van der Waals surface area (Å²) >= 11 is 11.8. The molecule has 0 aromatic heterocycles. The van der Waals surface area contributed by atoms with Crippen LogP contribution in [0, 0.1) is 5.82 Å². The lowest BCUT2D eigenvalue weighted by Gasteiger charge is -2.34. The molecule has 4 nitrogen and oxygen atoms in total. The number of piperazine rings is 1. The van der Waals surface area contributed by atoms with Gasteiger partial charge in [0.05, 0.1) is 5.02 Å². The van der Waals surface area contributed by atoms with Gasteiger partial charge in [-0.1, -0.05) is 35.3 Å². The van der Waals surface area contributed by atoms with Crippen LogP contribution in [-0.4, -0.2) is 48.6 Å². The maximum atomic E-state index is 13.2. The monoisotopic (exact) mass is 395 g/mol. The molecule has 2 aromatic carbocycles. The zero-order valence-electron chi connectivity index (χ0n) is 14.2. The first-order valence-electron chi connectivity index (χ1n) is 8.49. The molecule has 1 N–H and O–H groups in total. The van der Waals surface area contributed by atoms with Gasteiger partial charge in [0.25, 0.3) is 0 Å². The number of benzene rings is 2. The zero-order valence-corrected chi connectivity index (χ0v) is 15.7. The molecule has 1 aliphatic heterocycles. The highest BCUT2D eigenvalue weighted by Gasteiger charge is 2.21. The maximum Gasteiger partial charge on any atom is 0.321 e. The maximum absolute atomic E-state index is 13.2. The molecule has 0 atom stereocenters. The standard InChI is InChI=1S/C19H20Cl2FN3O/c20-15-3-1-2-14(12-15)6-7-24-8-10-25(11-9-24)19(26)23-16-4-5-18(22)17(21)13-16/h1-5,12-13H,6-11H2,(H,23,26). The second-order valence-electron chi connectivity index (χ2n) is 6.27. The number of nitrogens with zero attached hydrogens (tertiary/aromatic N) is 2. The van der Waals surface area contributed by atoms with Crippen molar-refractivity contribution < 1.29 is 9.18 Å². The van der Waals surface area contributed by atoms with Crippen LogP contribution in [0.15, 0.2) is 42.5 Å². The van der Waals surface area contributed by atoms with Gasteiger partial charge in [0.15, 0.2) is 0 Å². The molecule has 26 heavy (non-hydrogen) atoms. The number of hydrogen-bond donors (Lipinski definition) is 1. The lowest BCUT2D eigenvalue weighted by atomic mass is 10.1. The predicted octanol–water partition coefficient (Wildman–Crippen LogP) is 4.52. The summed E-state index contributed by atoms with van der Waals surface area (Å²) in [6.45, 7) is 3.87. The summed E-state index contributed by atoms with van der Waals surface area (Å²) in [6.07, 6.45) is 0.931. The van der Waals surface area contributed by atoms with E-state index in [0.29, 0.717) is 18.8 Å². The molecule has 138 valence electrons. The van der Waals surface area contributed by atoms with Crippen molar-refractivity contribution in [3.05, 3.63) is 63.9 Å². The lowest BCUT2D eigenvalue weighted by molar-refractivity contribution is 0.148. The van der Waals surface area contributed by atoms with E-state index in [1.54, 1.807) is 4.90 Å². The second kappa shape index (κ2) is 8.71. The van der Waals surface area contributed by atoms with E-state index in [4.69, 9.17) is 23.2 Å². The van der Waals surface area contributed by atoms with Gasteiger partial charge in [0, 0.05) is 43.4 Å². The fourth-order valence-electron chi connectivity index (χ4n) is 2.93. The van der Waals surface area contributed by atoms with E-state index in [-0.39, 0.29) is 11.1 Å². The van der Waals surface area contributed by atoms with Crippen molar-refractivity contribution >= 4 is 34.9 Å². The van der Waals surface area contributed by atoms with Crippen molar-refractivity contribution in [1.29, 1.82) is 0 Å². The molecule has 0 aliphatic carbocycles. The fourth-order valence-corrected chi connectivity index (χ4v) is 3.32. The molecular formula is C19H20Cl2FN3O. The number of halogens is 3. The molecule has 3 rings (SSSR count). The van der Waals surface area contributed by atoms with Crippen LogP contribution in [0.1, 0.15) is 5.56 Å². The third-order valence-corrected chi connectivity index (χ3v) is 4.96. The molecule has 2 amide bonds. The third-order valence-electron chi connectivity index (χ3n) is 4.44. The highest BCUT2D eigenvalue weighted by Crippen LogP contribution is 2.20. The minimum atomic E-state index is -0.502. The summed E-state index contributed by atoms with van der Waals surface area (Å²) in [6, 6.07) is 11.9.